The van der Waals surface area contributed by atoms with Gasteiger partial charge < -0.3 is 31.9 Å². The van der Waals surface area contributed by atoms with Crippen molar-refractivity contribution in [2.24, 2.45) is 11.5 Å². The van der Waals surface area contributed by atoms with Gasteiger partial charge in [-0.2, -0.15) is 0 Å². The highest BCUT2D eigenvalue weighted by Gasteiger charge is 2.12. The second-order valence-electron chi connectivity index (χ2n) is 4.69. The number of carboxylic acids is 3. The molecule has 9 nitrogen and oxygen atoms in total. The van der Waals surface area contributed by atoms with Crippen molar-refractivity contribution in [1.82, 2.24) is 0 Å². The van der Waals surface area contributed by atoms with Crippen LogP contribution < -0.4 is 11.5 Å². The normalized spacial score (nSPS) is 12.4. The summed E-state index contributed by atoms with van der Waals surface area (Å²) >= 11 is 0. The number of benzene rings is 1. The number of aromatic hydroxyl groups is 1. The lowest BCUT2D eigenvalue weighted by molar-refractivity contribution is -0.140. The van der Waals surface area contributed by atoms with Crippen molar-refractivity contribution in [2.45, 2.75) is 31.3 Å². The van der Waals surface area contributed by atoms with E-state index in [0.29, 0.717) is 0 Å². The van der Waals surface area contributed by atoms with Crippen LogP contribution >= 0.6 is 0 Å². The monoisotopic (exact) mass is 328 g/mol. The summed E-state index contributed by atoms with van der Waals surface area (Å²) in [5.74, 6) is -3.06. The van der Waals surface area contributed by atoms with Crippen LogP contribution in [0.15, 0.2) is 24.3 Å². The van der Waals surface area contributed by atoms with Crippen LogP contribution in [0.3, 0.4) is 0 Å². The summed E-state index contributed by atoms with van der Waals surface area (Å²) < 4.78 is 0. The Morgan fingerprint density at radius 3 is 1.78 bits per heavy atom. The molecule has 0 radical (unpaired) electrons. The van der Waals surface area contributed by atoms with Crippen LogP contribution in [0.1, 0.15) is 18.4 Å². The third-order valence-electron chi connectivity index (χ3n) is 2.70. The molecule has 8 N–H and O–H groups in total. The van der Waals surface area contributed by atoms with E-state index in [1.54, 1.807) is 12.1 Å². The van der Waals surface area contributed by atoms with E-state index in [1.807, 2.05) is 0 Å². The molecule has 0 aliphatic carbocycles. The summed E-state index contributed by atoms with van der Waals surface area (Å²) in [7, 11) is 0. The molecule has 0 aliphatic heterocycles. The molecule has 1 aromatic carbocycles. The summed E-state index contributed by atoms with van der Waals surface area (Å²) in [5, 5.41) is 33.7. The van der Waals surface area contributed by atoms with Gasteiger partial charge in [0.05, 0.1) is 0 Å². The highest BCUT2D eigenvalue weighted by Crippen LogP contribution is 2.10. The van der Waals surface area contributed by atoms with Gasteiger partial charge in [-0.1, -0.05) is 12.1 Å². The zero-order chi connectivity index (χ0) is 18.0. The number of hydrogen-bond donors (Lipinski definition) is 6. The van der Waals surface area contributed by atoms with Crippen LogP contribution in [-0.2, 0) is 20.8 Å². The summed E-state index contributed by atoms with van der Waals surface area (Å²) in [4.78, 5) is 30.3. The van der Waals surface area contributed by atoms with Gasteiger partial charge in [-0.25, -0.2) is 0 Å². The first kappa shape index (κ1) is 20.3. The van der Waals surface area contributed by atoms with Crippen molar-refractivity contribution >= 4 is 17.9 Å². The highest BCUT2D eigenvalue weighted by atomic mass is 16.4. The maximum Gasteiger partial charge on any atom is 0.320 e. The second kappa shape index (κ2) is 10.1. The van der Waals surface area contributed by atoms with Gasteiger partial charge in [0.1, 0.15) is 17.8 Å². The minimum atomic E-state index is -1.17. The first-order valence-electron chi connectivity index (χ1n) is 6.60. The smallest absolute Gasteiger partial charge is 0.320 e. The molecule has 0 amide bonds. The molecule has 0 saturated heterocycles. The SMILES string of the molecule is N[C@@H](CCC(=O)O)C(=O)O.N[C@@H](Cc1ccc(O)cc1)C(=O)O. The number of hydrogen-bond acceptors (Lipinski definition) is 6. The number of rotatable bonds is 7. The number of phenolic OH excluding ortho intramolecular Hbond substituents is 1. The first-order valence-corrected chi connectivity index (χ1v) is 6.60. The topological polar surface area (TPSA) is 184 Å². The molecule has 9 heteroatoms. The summed E-state index contributed by atoms with van der Waals surface area (Å²) in [6.07, 6.45) is 0.0494. The summed E-state index contributed by atoms with van der Waals surface area (Å²) in [6, 6.07) is 4.37. The predicted octanol–water partition coefficient (Wildman–Crippen LogP) is -0.390. The minimum absolute atomic E-state index is 0.0231. The Morgan fingerprint density at radius 1 is 0.913 bits per heavy atom. The lowest BCUT2D eigenvalue weighted by atomic mass is 10.1. The Labute approximate surface area is 132 Å². The number of carbonyl (C=O) groups is 3. The van der Waals surface area contributed by atoms with E-state index in [2.05, 4.69) is 0 Å². The lowest BCUT2D eigenvalue weighted by Crippen LogP contribution is -2.32. The van der Waals surface area contributed by atoms with Crippen molar-refractivity contribution in [1.29, 1.82) is 0 Å². The molecular formula is C14H20N2O7. The number of nitrogens with two attached hydrogens (primary N) is 2. The van der Waals surface area contributed by atoms with Crippen molar-refractivity contribution in [3.05, 3.63) is 29.8 Å². The molecule has 0 fully saturated rings. The average molecular weight is 328 g/mol. The van der Waals surface area contributed by atoms with Gasteiger partial charge in [-0.15, -0.1) is 0 Å². The fourth-order valence-electron chi connectivity index (χ4n) is 1.38. The third-order valence-corrected chi connectivity index (χ3v) is 2.70. The van der Waals surface area contributed by atoms with Gasteiger partial charge in [0.25, 0.3) is 0 Å². The van der Waals surface area contributed by atoms with Gasteiger partial charge in [0.2, 0.25) is 0 Å². The molecule has 0 aliphatic rings. The molecule has 2 atom stereocenters. The van der Waals surface area contributed by atoms with Gasteiger partial charge in [-0.05, 0) is 30.5 Å². The van der Waals surface area contributed by atoms with Gasteiger partial charge >= 0.3 is 17.9 Å². The number of aliphatic carboxylic acids is 3. The van der Waals surface area contributed by atoms with E-state index >= 15 is 0 Å². The molecule has 0 saturated carbocycles. The van der Waals surface area contributed by atoms with Crippen molar-refractivity contribution in [2.75, 3.05) is 0 Å². The molecule has 1 rings (SSSR count). The lowest BCUT2D eigenvalue weighted by Gasteiger charge is -2.05. The molecule has 128 valence electrons. The largest absolute Gasteiger partial charge is 0.508 e. The Morgan fingerprint density at radius 2 is 1.39 bits per heavy atom. The van der Waals surface area contributed by atoms with E-state index < -0.39 is 30.0 Å². The maximum atomic E-state index is 10.4. The minimum Gasteiger partial charge on any atom is -0.508 e. The molecule has 0 unspecified atom stereocenters. The van der Waals surface area contributed by atoms with E-state index in [-0.39, 0.29) is 25.0 Å². The Hall–Kier alpha value is -2.65. The van der Waals surface area contributed by atoms with E-state index in [9.17, 15) is 14.4 Å². The maximum absolute atomic E-state index is 10.4. The predicted molar refractivity (Wildman–Crippen MR) is 79.9 cm³/mol. The van der Waals surface area contributed by atoms with E-state index in [1.165, 1.54) is 12.1 Å². The Kier molecular flexibility index (Phi) is 8.97. The molecule has 0 spiro atoms. The molecule has 1 aromatic rings. The molecule has 0 heterocycles. The Balaban J connectivity index is 0.000000438. The van der Waals surface area contributed by atoms with Crippen LogP contribution in [0.25, 0.3) is 0 Å². The van der Waals surface area contributed by atoms with Crippen LogP contribution in [0.5, 0.6) is 5.75 Å². The van der Waals surface area contributed by atoms with Gasteiger partial charge in [0, 0.05) is 6.42 Å². The molecule has 0 bridgehead atoms. The van der Waals surface area contributed by atoms with Crippen molar-refractivity contribution in [3.63, 3.8) is 0 Å². The molecular weight excluding hydrogens is 308 g/mol. The number of phenols is 1. The highest BCUT2D eigenvalue weighted by molar-refractivity contribution is 5.74. The van der Waals surface area contributed by atoms with Gasteiger partial charge in [-0.3, -0.25) is 14.4 Å². The standard InChI is InChI=1S/C9H11NO3.C5H9NO4/c10-8(9(12)13)5-6-1-3-7(11)4-2-6;6-3(5(9)10)1-2-4(7)8/h1-4,8,11H,5,10H2,(H,12,13);3H,1-2,6H2,(H,7,8)(H,9,10)/t8-;3-/m00/s1. The summed E-state index contributed by atoms with van der Waals surface area (Å²) in [5.41, 5.74) is 11.1. The first-order chi connectivity index (χ1) is 10.6. The zero-order valence-electron chi connectivity index (χ0n) is 12.3. The van der Waals surface area contributed by atoms with Crippen LogP contribution in [0, 0.1) is 0 Å². The zero-order valence-corrected chi connectivity index (χ0v) is 12.3. The van der Waals surface area contributed by atoms with Gasteiger partial charge in [0.15, 0.2) is 0 Å². The summed E-state index contributed by atoms with van der Waals surface area (Å²) in [6.45, 7) is 0. The second-order valence-corrected chi connectivity index (χ2v) is 4.69. The quantitative estimate of drug-likeness (QED) is 0.388. The van der Waals surface area contributed by atoms with E-state index in [4.69, 9.17) is 31.9 Å². The van der Waals surface area contributed by atoms with E-state index in [0.717, 1.165) is 5.56 Å². The Bertz CT molecular complexity index is 530. The van der Waals surface area contributed by atoms with Crippen molar-refractivity contribution < 1.29 is 34.8 Å². The van der Waals surface area contributed by atoms with Crippen LogP contribution in [-0.4, -0.2) is 50.4 Å². The van der Waals surface area contributed by atoms with Crippen LogP contribution in [0.4, 0.5) is 0 Å². The average Bonchev–Trinajstić information content (AvgIpc) is 2.47. The molecule has 0 aromatic heterocycles. The number of carboxylic acid groups (broad SMARTS) is 3. The van der Waals surface area contributed by atoms with Crippen LogP contribution in [0.2, 0.25) is 0 Å². The molecule has 23 heavy (non-hydrogen) atoms. The fraction of sp³-hybridized carbons (Fsp3) is 0.357. The van der Waals surface area contributed by atoms with Crippen molar-refractivity contribution in [3.8, 4) is 5.75 Å². The fourth-order valence-corrected chi connectivity index (χ4v) is 1.38. The third kappa shape index (κ3) is 9.82.